The molecule has 0 saturated carbocycles. The van der Waals surface area contributed by atoms with E-state index in [0.29, 0.717) is 0 Å². The SMILES string of the molecule is Brc1ccc2nc3c4cccnc4c4ncccc4c3nc2c1.[Ru].c1cnc2c(ccc3nccnc32)n1.c1cnc2c(ccc3nccnc32)n1. The molecule has 0 atom stereocenters. The monoisotopic (exact) mass is 826 g/mol. The zero-order valence-corrected chi connectivity index (χ0v) is 30.0. The zero-order valence-electron chi connectivity index (χ0n) is 26.7. The van der Waals surface area contributed by atoms with E-state index in [9.17, 15) is 0 Å². The fourth-order valence-electron chi connectivity index (χ4n) is 5.90. The third-order valence-electron chi connectivity index (χ3n) is 8.13. The number of benzene rings is 4. The molecule has 0 aliphatic rings. The van der Waals surface area contributed by atoms with Crippen LogP contribution in [0, 0.1) is 0 Å². The first-order valence-corrected chi connectivity index (χ1v) is 16.5. The number of pyridine rings is 2. The van der Waals surface area contributed by atoms with E-state index in [1.54, 1.807) is 62.0 Å². The molecule has 248 valence electrons. The average molecular weight is 827 g/mol. The van der Waals surface area contributed by atoms with E-state index in [2.05, 4.69) is 65.8 Å². The van der Waals surface area contributed by atoms with Gasteiger partial charge in [-0.15, -0.1) is 0 Å². The van der Waals surface area contributed by atoms with Crippen molar-refractivity contribution in [3.63, 3.8) is 0 Å². The summed E-state index contributed by atoms with van der Waals surface area (Å²) in [4.78, 5) is 52.5. The first kappa shape index (κ1) is 32.9. The summed E-state index contributed by atoms with van der Waals surface area (Å²) < 4.78 is 0.989. The number of halogens is 1. The summed E-state index contributed by atoms with van der Waals surface area (Å²) in [6.45, 7) is 0. The molecule has 0 amide bonds. The van der Waals surface area contributed by atoms with Gasteiger partial charge in [0, 0.05) is 96.7 Å². The maximum Gasteiger partial charge on any atom is 0.116 e. The van der Waals surface area contributed by atoms with E-state index in [1.807, 2.05) is 66.7 Å². The maximum absolute atomic E-state index is 4.86. The van der Waals surface area contributed by atoms with Crippen molar-refractivity contribution in [3.05, 3.63) is 133 Å². The molecule has 52 heavy (non-hydrogen) atoms. The van der Waals surface area contributed by atoms with Gasteiger partial charge in [0.1, 0.15) is 22.1 Å². The Morgan fingerprint density at radius 1 is 0.308 bits per heavy atom. The molecular formula is C38H21BrN12Ru. The van der Waals surface area contributed by atoms with Crippen molar-refractivity contribution in [2.45, 2.75) is 0 Å². The first-order chi connectivity index (χ1) is 25.2. The minimum atomic E-state index is 0. The average Bonchev–Trinajstić information content (AvgIpc) is 3.21. The summed E-state index contributed by atoms with van der Waals surface area (Å²) in [6.07, 6.45) is 16.9. The van der Waals surface area contributed by atoms with Crippen molar-refractivity contribution >= 4 is 104 Å². The number of hydrogen-bond donors (Lipinski definition) is 0. The van der Waals surface area contributed by atoms with Gasteiger partial charge in [0.05, 0.1) is 55.2 Å². The second-order valence-corrected chi connectivity index (χ2v) is 12.1. The molecule has 0 aliphatic heterocycles. The fraction of sp³-hybridized carbons (Fsp3) is 0. The Morgan fingerprint density at radius 2 is 0.654 bits per heavy atom. The Morgan fingerprint density at radius 3 is 1.08 bits per heavy atom. The van der Waals surface area contributed by atoms with Crippen molar-refractivity contribution in [1.82, 2.24) is 59.8 Å². The summed E-state index contributed by atoms with van der Waals surface area (Å²) in [5.74, 6) is 0. The number of hydrogen-bond acceptors (Lipinski definition) is 12. The Labute approximate surface area is 314 Å². The van der Waals surface area contributed by atoms with E-state index >= 15 is 0 Å². The molecule has 0 bridgehead atoms. The molecule has 0 unspecified atom stereocenters. The third kappa shape index (κ3) is 6.08. The minimum absolute atomic E-state index is 0. The van der Waals surface area contributed by atoms with Crippen LogP contribution >= 0.6 is 15.9 Å². The molecule has 0 fully saturated rings. The summed E-state index contributed by atoms with van der Waals surface area (Å²) >= 11 is 3.50. The molecule has 4 aromatic carbocycles. The number of nitrogens with zero attached hydrogens (tertiary/aromatic N) is 12. The van der Waals surface area contributed by atoms with Gasteiger partial charge in [-0.05, 0) is 66.7 Å². The summed E-state index contributed by atoms with van der Waals surface area (Å²) in [6, 6.07) is 21.4. The van der Waals surface area contributed by atoms with Gasteiger partial charge < -0.3 is 0 Å². The first-order valence-electron chi connectivity index (χ1n) is 15.7. The van der Waals surface area contributed by atoms with Gasteiger partial charge in [-0.1, -0.05) is 15.9 Å². The predicted octanol–water partition coefficient (Wildman–Crippen LogP) is 7.79. The summed E-state index contributed by atoms with van der Waals surface area (Å²) in [5.41, 5.74) is 11.8. The molecule has 12 nitrogen and oxygen atoms in total. The molecule has 0 saturated heterocycles. The molecule has 0 radical (unpaired) electrons. The van der Waals surface area contributed by atoms with Crippen LogP contribution in [0.2, 0.25) is 0 Å². The van der Waals surface area contributed by atoms with Gasteiger partial charge in [0.25, 0.3) is 0 Å². The molecule has 0 spiro atoms. The largest absolute Gasteiger partial charge is 0.254 e. The third-order valence-corrected chi connectivity index (χ3v) is 8.62. The fourth-order valence-corrected chi connectivity index (χ4v) is 6.25. The summed E-state index contributed by atoms with van der Waals surface area (Å²) in [7, 11) is 0. The van der Waals surface area contributed by atoms with E-state index in [0.717, 1.165) is 92.5 Å². The van der Waals surface area contributed by atoms with Crippen LogP contribution in [0.1, 0.15) is 0 Å². The van der Waals surface area contributed by atoms with E-state index < -0.39 is 0 Å². The minimum Gasteiger partial charge on any atom is -0.254 e. The molecule has 11 rings (SSSR count). The van der Waals surface area contributed by atoms with Gasteiger partial charge >= 0.3 is 0 Å². The molecule has 11 aromatic rings. The second-order valence-electron chi connectivity index (χ2n) is 11.2. The van der Waals surface area contributed by atoms with E-state index in [4.69, 9.17) is 9.97 Å². The van der Waals surface area contributed by atoms with Gasteiger partial charge in [-0.25, -0.2) is 9.97 Å². The second kappa shape index (κ2) is 14.2. The van der Waals surface area contributed by atoms with Gasteiger partial charge in [0.15, 0.2) is 0 Å². The van der Waals surface area contributed by atoms with Gasteiger partial charge in [-0.2, -0.15) is 0 Å². The Balaban J connectivity index is 0.000000116. The van der Waals surface area contributed by atoms with Crippen molar-refractivity contribution in [2.24, 2.45) is 0 Å². The molecular weight excluding hydrogens is 805 g/mol. The van der Waals surface area contributed by atoms with Crippen molar-refractivity contribution in [2.75, 3.05) is 0 Å². The van der Waals surface area contributed by atoms with Crippen LogP contribution < -0.4 is 0 Å². The standard InChI is InChI=1S/C18H9BrN4.2C10H6N4.Ru/c19-10-5-6-13-14(9-10)23-18-12-4-2-8-21-16(12)15-11(17(18)22-13)3-1-7-20-15;2*1-2-8-10(14-6-4-12-8)9-7(1)11-3-5-13-9;/h1-9H;2*1-6H;. The van der Waals surface area contributed by atoms with Crippen molar-refractivity contribution in [3.8, 4) is 0 Å². The van der Waals surface area contributed by atoms with E-state index in [1.165, 1.54) is 0 Å². The van der Waals surface area contributed by atoms with Crippen LogP contribution in [0.5, 0.6) is 0 Å². The van der Waals surface area contributed by atoms with E-state index in [-0.39, 0.29) is 19.5 Å². The smallest absolute Gasteiger partial charge is 0.116 e. The normalized spacial score (nSPS) is 11.0. The van der Waals surface area contributed by atoms with Crippen LogP contribution in [-0.2, 0) is 19.5 Å². The van der Waals surface area contributed by atoms with Crippen LogP contribution in [-0.4, -0.2) is 59.8 Å². The molecule has 0 N–H and O–H groups in total. The quantitative estimate of drug-likeness (QED) is 0.0833. The van der Waals surface area contributed by atoms with Crippen molar-refractivity contribution < 1.29 is 19.5 Å². The van der Waals surface area contributed by atoms with Crippen LogP contribution in [0.15, 0.2) is 133 Å². The van der Waals surface area contributed by atoms with Crippen molar-refractivity contribution in [1.29, 1.82) is 0 Å². The Bertz CT molecular complexity index is 2870. The molecule has 7 aromatic heterocycles. The molecule has 7 heterocycles. The topological polar surface area (TPSA) is 155 Å². The zero-order chi connectivity index (χ0) is 34.1. The number of rotatable bonds is 0. The number of fused-ring (bicyclic) bond motifs is 13. The van der Waals surface area contributed by atoms with Gasteiger partial charge in [-0.3, -0.25) is 49.8 Å². The number of aromatic nitrogens is 12. The summed E-state index contributed by atoms with van der Waals surface area (Å²) in [5, 5.41) is 1.95. The Hall–Kier alpha value is -6.24. The molecule has 0 aliphatic carbocycles. The van der Waals surface area contributed by atoms with Crippen LogP contribution in [0.4, 0.5) is 0 Å². The predicted molar refractivity (Wildman–Crippen MR) is 201 cm³/mol. The molecule has 14 heteroatoms. The maximum atomic E-state index is 4.86. The van der Waals surface area contributed by atoms with Crippen LogP contribution in [0.3, 0.4) is 0 Å². The Kier molecular flexibility index (Phi) is 8.98. The van der Waals surface area contributed by atoms with Crippen LogP contribution in [0.25, 0.3) is 88.0 Å². The van der Waals surface area contributed by atoms with Gasteiger partial charge in [0.2, 0.25) is 0 Å².